The molecule has 0 heterocycles. The molecule has 6 heteroatoms. The van der Waals surface area contributed by atoms with E-state index in [9.17, 15) is 0 Å². The predicted octanol–water partition coefficient (Wildman–Crippen LogP) is 9.07. The molecule has 0 unspecified atom stereocenters. The van der Waals surface area contributed by atoms with Crippen LogP contribution < -0.4 is 36.0 Å². The maximum absolute atomic E-state index is 5.40. The van der Waals surface area contributed by atoms with Crippen molar-refractivity contribution in [2.24, 2.45) is 0 Å². The standard InChI is InChI=1S/C22H24P.C17H20N2O2S/c1-2-3-19-23(20-13-7-4-8-14-20,21-15-9-5-10-16-21)22-17-11-6-12-18-22;1-3-20-15-9-5-13(6-10-15)18-17(22)19-14-7-11-16(12-8-14)21-4-2/h4-18H,2-3,19H2,1H3;5-12H,3-4H2,1-2H3,(H2,18,19,22)/q+1;. The number of rotatable bonds is 12. The van der Waals surface area contributed by atoms with E-state index in [0.29, 0.717) is 18.3 Å². The molecule has 45 heavy (non-hydrogen) atoms. The van der Waals surface area contributed by atoms with Crippen LogP contribution in [0, 0.1) is 0 Å². The predicted molar refractivity (Wildman–Crippen MR) is 200 cm³/mol. The van der Waals surface area contributed by atoms with Gasteiger partial charge in [-0.15, -0.1) is 0 Å². The van der Waals surface area contributed by atoms with Crippen molar-refractivity contribution < 1.29 is 9.47 Å². The lowest BCUT2D eigenvalue weighted by molar-refractivity contribution is 0.340. The molecule has 0 atom stereocenters. The van der Waals surface area contributed by atoms with Gasteiger partial charge in [0.15, 0.2) is 5.11 Å². The zero-order valence-corrected chi connectivity index (χ0v) is 28.2. The molecule has 5 rings (SSSR count). The molecular formula is C39H44N2O2PS+. The average molecular weight is 636 g/mol. The van der Waals surface area contributed by atoms with Crippen molar-refractivity contribution in [2.75, 3.05) is 30.0 Å². The van der Waals surface area contributed by atoms with Crippen LogP contribution in [-0.2, 0) is 0 Å². The number of anilines is 2. The van der Waals surface area contributed by atoms with Crippen LogP contribution >= 0.6 is 19.5 Å². The van der Waals surface area contributed by atoms with Crippen molar-refractivity contribution in [3.05, 3.63) is 140 Å². The summed E-state index contributed by atoms with van der Waals surface area (Å²) in [7, 11) is -1.57. The van der Waals surface area contributed by atoms with Gasteiger partial charge in [0, 0.05) is 11.4 Å². The lowest BCUT2D eigenvalue weighted by atomic mass is 10.3. The minimum atomic E-state index is -1.57. The quantitative estimate of drug-likeness (QED) is 0.106. The van der Waals surface area contributed by atoms with Crippen LogP contribution in [0.25, 0.3) is 0 Å². The first kappa shape index (κ1) is 33.7. The SMILES string of the molecule is CCCC[P+](c1ccccc1)(c1ccccc1)c1ccccc1.CCOc1ccc(NC(=S)Nc2ccc(OCC)cc2)cc1. The summed E-state index contributed by atoms with van der Waals surface area (Å²) in [6, 6.07) is 48.7. The molecule has 2 N–H and O–H groups in total. The number of unbranched alkanes of at least 4 members (excludes halogenated alkanes) is 1. The van der Waals surface area contributed by atoms with E-state index in [-0.39, 0.29) is 0 Å². The van der Waals surface area contributed by atoms with Gasteiger partial charge in [0.25, 0.3) is 0 Å². The van der Waals surface area contributed by atoms with Gasteiger partial charge in [-0.1, -0.05) is 67.9 Å². The molecule has 0 aliphatic heterocycles. The number of hydrogen-bond donors (Lipinski definition) is 2. The number of hydrogen-bond acceptors (Lipinski definition) is 3. The topological polar surface area (TPSA) is 42.5 Å². The second-order valence-electron chi connectivity index (χ2n) is 10.4. The third-order valence-electron chi connectivity index (χ3n) is 7.28. The first-order valence-electron chi connectivity index (χ1n) is 15.7. The molecule has 4 nitrogen and oxygen atoms in total. The lowest BCUT2D eigenvalue weighted by Gasteiger charge is -2.27. The highest BCUT2D eigenvalue weighted by atomic mass is 32.1. The molecule has 5 aromatic carbocycles. The van der Waals surface area contributed by atoms with Crippen LogP contribution in [0.2, 0.25) is 0 Å². The zero-order chi connectivity index (χ0) is 31.7. The summed E-state index contributed by atoms with van der Waals surface area (Å²) in [5.74, 6) is 1.69. The van der Waals surface area contributed by atoms with E-state index < -0.39 is 7.26 Å². The molecule has 0 fully saturated rings. The van der Waals surface area contributed by atoms with Crippen LogP contribution in [0.15, 0.2) is 140 Å². The number of thiocarbonyl (C=S) groups is 1. The Morgan fingerprint density at radius 1 is 0.533 bits per heavy atom. The van der Waals surface area contributed by atoms with Crippen LogP contribution in [0.4, 0.5) is 11.4 Å². The molecule has 232 valence electrons. The molecular weight excluding hydrogens is 591 g/mol. The molecule has 0 aromatic heterocycles. The third kappa shape index (κ3) is 9.65. The first-order valence-corrected chi connectivity index (χ1v) is 18.1. The Hall–Kier alpha value is -4.18. The molecule has 0 saturated heterocycles. The second-order valence-corrected chi connectivity index (χ2v) is 14.4. The van der Waals surface area contributed by atoms with Crippen molar-refractivity contribution in [3.63, 3.8) is 0 Å². The van der Waals surface area contributed by atoms with E-state index in [2.05, 4.69) is 109 Å². The third-order valence-corrected chi connectivity index (χ3v) is 12.0. The Kier molecular flexibility index (Phi) is 13.4. The van der Waals surface area contributed by atoms with Crippen LogP contribution in [0.1, 0.15) is 33.6 Å². The van der Waals surface area contributed by atoms with Crippen molar-refractivity contribution in [2.45, 2.75) is 33.6 Å². The maximum Gasteiger partial charge on any atom is 0.175 e. The smallest absolute Gasteiger partial charge is 0.175 e. The highest BCUT2D eigenvalue weighted by Gasteiger charge is 2.44. The minimum absolute atomic E-state index is 0.535. The fourth-order valence-electron chi connectivity index (χ4n) is 5.17. The van der Waals surface area contributed by atoms with Gasteiger partial charge in [-0.2, -0.15) is 0 Å². The summed E-state index contributed by atoms with van der Waals surface area (Å²) in [6.45, 7) is 7.52. The van der Waals surface area contributed by atoms with Crippen molar-refractivity contribution in [1.29, 1.82) is 0 Å². The fraction of sp³-hybridized carbons (Fsp3) is 0.205. The molecule has 0 aliphatic rings. The van der Waals surface area contributed by atoms with Gasteiger partial charge >= 0.3 is 0 Å². The summed E-state index contributed by atoms with van der Waals surface area (Å²) in [5, 5.41) is 11.3. The fourth-order valence-corrected chi connectivity index (χ4v) is 9.91. The largest absolute Gasteiger partial charge is 0.494 e. The molecule has 0 amide bonds. The Balaban J connectivity index is 0.000000205. The minimum Gasteiger partial charge on any atom is -0.494 e. The molecule has 5 aromatic rings. The van der Waals surface area contributed by atoms with Gasteiger partial charge < -0.3 is 20.1 Å². The summed E-state index contributed by atoms with van der Waals surface area (Å²) in [6.07, 6.45) is 3.72. The first-order chi connectivity index (χ1) is 22.1. The Bertz CT molecular complexity index is 1400. The number of ether oxygens (including phenoxy) is 2. The Labute approximate surface area is 275 Å². The van der Waals surface area contributed by atoms with E-state index in [1.54, 1.807) is 0 Å². The highest BCUT2D eigenvalue weighted by molar-refractivity contribution is 7.95. The lowest BCUT2D eigenvalue weighted by Crippen LogP contribution is -2.33. The van der Waals surface area contributed by atoms with Gasteiger partial charge in [-0.25, -0.2) is 0 Å². The van der Waals surface area contributed by atoms with E-state index in [4.69, 9.17) is 21.7 Å². The average Bonchev–Trinajstić information content (AvgIpc) is 3.09. The van der Waals surface area contributed by atoms with Gasteiger partial charge in [0.2, 0.25) is 0 Å². The van der Waals surface area contributed by atoms with Crippen molar-refractivity contribution in [3.8, 4) is 11.5 Å². The molecule has 0 saturated carbocycles. The van der Waals surface area contributed by atoms with Crippen molar-refractivity contribution in [1.82, 2.24) is 0 Å². The number of benzene rings is 5. The summed E-state index contributed by atoms with van der Waals surface area (Å²) >= 11 is 5.30. The summed E-state index contributed by atoms with van der Waals surface area (Å²) < 4.78 is 10.8. The second kappa shape index (κ2) is 17.9. The van der Waals surface area contributed by atoms with Crippen molar-refractivity contribution >= 4 is 51.9 Å². The van der Waals surface area contributed by atoms with E-state index in [1.165, 1.54) is 34.9 Å². The van der Waals surface area contributed by atoms with Crippen LogP contribution in [0.3, 0.4) is 0 Å². The number of nitrogens with one attached hydrogen (secondary N) is 2. The highest BCUT2D eigenvalue weighted by Crippen LogP contribution is 2.55. The zero-order valence-electron chi connectivity index (χ0n) is 26.5. The Morgan fingerprint density at radius 3 is 1.20 bits per heavy atom. The van der Waals surface area contributed by atoms with Crippen LogP contribution in [0.5, 0.6) is 11.5 Å². The maximum atomic E-state index is 5.40. The van der Waals surface area contributed by atoms with Gasteiger partial charge in [-0.3, -0.25) is 0 Å². The normalized spacial score (nSPS) is 10.6. The van der Waals surface area contributed by atoms with Gasteiger partial charge in [-0.05, 0) is 117 Å². The van der Waals surface area contributed by atoms with E-state index in [1.807, 2.05) is 62.4 Å². The molecule has 0 radical (unpaired) electrons. The monoisotopic (exact) mass is 635 g/mol. The molecule has 0 aliphatic carbocycles. The molecule has 0 spiro atoms. The van der Waals surface area contributed by atoms with E-state index in [0.717, 1.165) is 22.9 Å². The van der Waals surface area contributed by atoms with E-state index >= 15 is 0 Å². The van der Waals surface area contributed by atoms with Crippen LogP contribution in [-0.4, -0.2) is 24.5 Å². The van der Waals surface area contributed by atoms with Gasteiger partial charge in [0.1, 0.15) is 34.7 Å². The Morgan fingerprint density at radius 2 is 0.889 bits per heavy atom. The summed E-state index contributed by atoms with van der Waals surface area (Å²) in [5.41, 5.74) is 1.82. The summed E-state index contributed by atoms with van der Waals surface area (Å²) in [4.78, 5) is 0. The van der Waals surface area contributed by atoms with Gasteiger partial charge in [0.05, 0.1) is 19.4 Å². The molecule has 0 bridgehead atoms.